The molecular weight excluding hydrogens is 184 g/mol. The van der Waals surface area contributed by atoms with E-state index < -0.39 is 0 Å². The minimum Gasteiger partial charge on any atom is -0.330 e. The Morgan fingerprint density at radius 2 is 1.87 bits per heavy atom. The number of nitrogens with two attached hydrogens (primary N) is 1. The molecule has 1 saturated heterocycles. The molecule has 0 aromatic heterocycles. The average Bonchev–Trinajstić information content (AvgIpc) is 2.69. The van der Waals surface area contributed by atoms with Crippen LogP contribution < -0.4 is 5.73 Å². The molecule has 2 heteroatoms. The molecule has 2 N–H and O–H groups in total. The molecule has 1 saturated carbocycles. The Balaban J connectivity index is 1.84. The van der Waals surface area contributed by atoms with Crippen LogP contribution in [0.25, 0.3) is 0 Å². The van der Waals surface area contributed by atoms with Crippen LogP contribution in [-0.2, 0) is 0 Å². The average molecular weight is 210 g/mol. The van der Waals surface area contributed by atoms with Gasteiger partial charge in [0, 0.05) is 12.6 Å². The molecule has 0 bridgehead atoms. The Morgan fingerprint density at radius 3 is 2.60 bits per heavy atom. The molecule has 0 radical (unpaired) electrons. The second kappa shape index (κ2) is 5.31. The summed E-state index contributed by atoms with van der Waals surface area (Å²) in [6.07, 6.45) is 8.45. The Kier molecular flexibility index (Phi) is 4.04. The fraction of sp³-hybridized carbons (Fsp3) is 1.00. The normalized spacial score (nSPS) is 38.4. The summed E-state index contributed by atoms with van der Waals surface area (Å²) in [5.74, 6) is 1.72. The first-order valence-electron chi connectivity index (χ1n) is 6.75. The zero-order valence-corrected chi connectivity index (χ0v) is 10.1. The maximum atomic E-state index is 5.85. The number of likely N-dealkylation sites (tertiary alicyclic amines) is 1. The van der Waals surface area contributed by atoms with E-state index in [1.165, 1.54) is 51.6 Å². The van der Waals surface area contributed by atoms with Crippen LogP contribution in [0.1, 0.15) is 45.4 Å². The summed E-state index contributed by atoms with van der Waals surface area (Å²) < 4.78 is 0. The third-order valence-electron chi connectivity index (χ3n) is 4.53. The van der Waals surface area contributed by atoms with Gasteiger partial charge in [-0.15, -0.1) is 0 Å². The highest BCUT2D eigenvalue weighted by atomic mass is 15.2. The Hall–Kier alpha value is -0.0800. The van der Waals surface area contributed by atoms with Crippen LogP contribution in [-0.4, -0.2) is 30.6 Å². The van der Waals surface area contributed by atoms with E-state index in [1.807, 2.05) is 0 Å². The Morgan fingerprint density at radius 1 is 1.07 bits per heavy atom. The van der Waals surface area contributed by atoms with Gasteiger partial charge in [-0.1, -0.05) is 12.8 Å². The van der Waals surface area contributed by atoms with E-state index in [-0.39, 0.29) is 0 Å². The van der Waals surface area contributed by atoms with Gasteiger partial charge < -0.3 is 10.6 Å². The predicted molar refractivity (Wildman–Crippen MR) is 64.8 cm³/mol. The van der Waals surface area contributed by atoms with Crippen molar-refractivity contribution in [3.8, 4) is 0 Å². The molecule has 2 nitrogen and oxygen atoms in total. The number of piperidine rings is 1. The summed E-state index contributed by atoms with van der Waals surface area (Å²) in [6, 6.07) is 0.817. The summed E-state index contributed by atoms with van der Waals surface area (Å²) >= 11 is 0. The van der Waals surface area contributed by atoms with Gasteiger partial charge in [0.05, 0.1) is 0 Å². The predicted octanol–water partition coefficient (Wildman–Crippen LogP) is 2.24. The van der Waals surface area contributed by atoms with Crippen LogP contribution >= 0.6 is 0 Å². The summed E-state index contributed by atoms with van der Waals surface area (Å²) in [5, 5.41) is 0. The van der Waals surface area contributed by atoms with Gasteiger partial charge in [0.15, 0.2) is 0 Å². The lowest BCUT2D eigenvalue weighted by Gasteiger charge is -2.36. The van der Waals surface area contributed by atoms with Gasteiger partial charge in [0.2, 0.25) is 0 Å². The molecule has 0 aromatic carbocycles. The zero-order valence-electron chi connectivity index (χ0n) is 10.1. The standard InChI is InChI=1S/C13H26N2/c1-11-5-2-3-8-15(11)10-13-7-4-6-12(13)9-14/h11-13H,2-10,14H2,1H3. The van der Waals surface area contributed by atoms with E-state index in [9.17, 15) is 0 Å². The van der Waals surface area contributed by atoms with E-state index >= 15 is 0 Å². The van der Waals surface area contributed by atoms with Gasteiger partial charge in [-0.3, -0.25) is 0 Å². The maximum absolute atomic E-state index is 5.85. The largest absolute Gasteiger partial charge is 0.330 e. The van der Waals surface area contributed by atoms with Crippen molar-refractivity contribution in [2.24, 2.45) is 17.6 Å². The summed E-state index contributed by atoms with van der Waals surface area (Å²) in [5.41, 5.74) is 5.85. The quantitative estimate of drug-likeness (QED) is 0.774. The molecule has 1 heterocycles. The lowest BCUT2D eigenvalue weighted by molar-refractivity contribution is 0.125. The molecule has 2 fully saturated rings. The molecule has 3 atom stereocenters. The number of rotatable bonds is 3. The first kappa shape index (κ1) is 11.4. The van der Waals surface area contributed by atoms with Gasteiger partial charge in [0.1, 0.15) is 0 Å². The smallest absolute Gasteiger partial charge is 0.00670 e. The topological polar surface area (TPSA) is 29.3 Å². The van der Waals surface area contributed by atoms with Crippen molar-refractivity contribution in [1.29, 1.82) is 0 Å². The van der Waals surface area contributed by atoms with Gasteiger partial charge in [-0.2, -0.15) is 0 Å². The minimum atomic E-state index is 0.817. The lowest BCUT2D eigenvalue weighted by atomic mass is 9.93. The van der Waals surface area contributed by atoms with Crippen molar-refractivity contribution >= 4 is 0 Å². The van der Waals surface area contributed by atoms with Gasteiger partial charge in [-0.25, -0.2) is 0 Å². The van der Waals surface area contributed by atoms with Crippen LogP contribution in [0, 0.1) is 11.8 Å². The van der Waals surface area contributed by atoms with Crippen LogP contribution in [0.3, 0.4) is 0 Å². The molecule has 1 aliphatic heterocycles. The van der Waals surface area contributed by atoms with Crippen molar-refractivity contribution in [2.45, 2.75) is 51.5 Å². The highest BCUT2D eigenvalue weighted by Crippen LogP contribution is 2.32. The molecule has 15 heavy (non-hydrogen) atoms. The molecule has 1 aliphatic carbocycles. The van der Waals surface area contributed by atoms with Crippen molar-refractivity contribution < 1.29 is 0 Å². The van der Waals surface area contributed by atoms with Crippen molar-refractivity contribution in [3.05, 3.63) is 0 Å². The second-order valence-electron chi connectivity index (χ2n) is 5.53. The van der Waals surface area contributed by atoms with Crippen LogP contribution in [0.15, 0.2) is 0 Å². The summed E-state index contributed by atoms with van der Waals surface area (Å²) in [6.45, 7) is 5.95. The van der Waals surface area contributed by atoms with Crippen molar-refractivity contribution in [2.75, 3.05) is 19.6 Å². The molecule has 2 rings (SSSR count). The summed E-state index contributed by atoms with van der Waals surface area (Å²) in [4.78, 5) is 2.71. The third kappa shape index (κ3) is 2.73. The first-order valence-corrected chi connectivity index (χ1v) is 6.75. The van der Waals surface area contributed by atoms with Crippen molar-refractivity contribution in [3.63, 3.8) is 0 Å². The van der Waals surface area contributed by atoms with E-state index in [4.69, 9.17) is 5.73 Å². The molecule has 0 spiro atoms. The van der Waals surface area contributed by atoms with Crippen LogP contribution in [0.5, 0.6) is 0 Å². The third-order valence-corrected chi connectivity index (χ3v) is 4.53. The number of hydrogen-bond acceptors (Lipinski definition) is 2. The molecule has 2 aliphatic rings. The highest BCUT2D eigenvalue weighted by molar-refractivity contribution is 4.83. The van der Waals surface area contributed by atoms with Crippen LogP contribution in [0.4, 0.5) is 0 Å². The van der Waals surface area contributed by atoms with Crippen LogP contribution in [0.2, 0.25) is 0 Å². The molecule has 88 valence electrons. The fourth-order valence-corrected chi connectivity index (χ4v) is 3.39. The van der Waals surface area contributed by atoms with Gasteiger partial charge in [0.25, 0.3) is 0 Å². The van der Waals surface area contributed by atoms with E-state index in [0.717, 1.165) is 24.4 Å². The number of nitrogens with zero attached hydrogens (tertiary/aromatic N) is 1. The summed E-state index contributed by atoms with van der Waals surface area (Å²) in [7, 11) is 0. The highest BCUT2D eigenvalue weighted by Gasteiger charge is 2.29. The maximum Gasteiger partial charge on any atom is 0.00670 e. The van der Waals surface area contributed by atoms with E-state index in [0.29, 0.717) is 0 Å². The second-order valence-corrected chi connectivity index (χ2v) is 5.53. The first-order chi connectivity index (χ1) is 7.31. The molecular formula is C13H26N2. The Labute approximate surface area is 94.2 Å². The lowest BCUT2D eigenvalue weighted by Crippen LogP contribution is -2.41. The molecule has 0 aromatic rings. The Bertz CT molecular complexity index is 193. The molecule has 0 amide bonds. The SMILES string of the molecule is CC1CCCCN1CC1CCCC1CN. The monoisotopic (exact) mass is 210 g/mol. The van der Waals surface area contributed by atoms with Crippen molar-refractivity contribution in [1.82, 2.24) is 4.90 Å². The van der Waals surface area contributed by atoms with Gasteiger partial charge in [-0.05, 0) is 57.5 Å². The minimum absolute atomic E-state index is 0.817. The zero-order chi connectivity index (χ0) is 10.7. The van der Waals surface area contributed by atoms with E-state index in [2.05, 4.69) is 11.8 Å². The molecule has 3 unspecified atom stereocenters. The number of hydrogen-bond donors (Lipinski definition) is 1. The van der Waals surface area contributed by atoms with Gasteiger partial charge >= 0.3 is 0 Å². The van der Waals surface area contributed by atoms with E-state index in [1.54, 1.807) is 0 Å². The fourth-order valence-electron chi connectivity index (χ4n) is 3.39.